The van der Waals surface area contributed by atoms with Crippen molar-refractivity contribution >= 4 is 5.69 Å². The average molecular weight is 281 g/mol. The zero-order valence-corrected chi connectivity index (χ0v) is 12.7. The van der Waals surface area contributed by atoms with E-state index in [2.05, 4.69) is 52.5 Å². The highest BCUT2D eigenvalue weighted by Gasteiger charge is 2.16. The van der Waals surface area contributed by atoms with Crippen LogP contribution in [0.2, 0.25) is 0 Å². The average Bonchev–Trinajstić information content (AvgIpc) is 2.75. The molecule has 1 aliphatic heterocycles. The smallest absolute Gasteiger partial charge is 0.0601 e. The van der Waals surface area contributed by atoms with Gasteiger partial charge in [0.1, 0.15) is 0 Å². The maximum absolute atomic E-state index is 4.35. The third-order valence-electron chi connectivity index (χ3n) is 4.15. The number of nitrogens with zero attached hydrogens (tertiary/aromatic N) is 2. The van der Waals surface area contributed by atoms with Crippen LogP contribution in [0.3, 0.4) is 0 Å². The molecule has 1 aliphatic rings. The molecular formula is C18H23N3. The molecule has 2 aromatic rings. The topological polar surface area (TPSA) is 28.2 Å². The Balaban J connectivity index is 1.87. The van der Waals surface area contributed by atoms with Gasteiger partial charge in [-0.1, -0.05) is 31.2 Å². The standard InChI is InChI=1S/C18H23N3/c1-2-19-12-16-9-10-20-13-18(16)21-11-5-8-15-6-3-4-7-17(15)14-21/h3-4,6-7,9-10,13,19H,2,5,8,11-12,14H2,1H3. The van der Waals surface area contributed by atoms with Crippen LogP contribution in [0.1, 0.15) is 30.0 Å². The lowest BCUT2D eigenvalue weighted by Crippen LogP contribution is -2.25. The third kappa shape index (κ3) is 3.24. The maximum atomic E-state index is 4.35. The minimum Gasteiger partial charge on any atom is -0.366 e. The van der Waals surface area contributed by atoms with Gasteiger partial charge in [0.15, 0.2) is 0 Å². The van der Waals surface area contributed by atoms with Gasteiger partial charge in [0.05, 0.1) is 11.9 Å². The molecule has 3 nitrogen and oxygen atoms in total. The molecule has 0 radical (unpaired) electrons. The number of hydrogen-bond donors (Lipinski definition) is 1. The summed E-state index contributed by atoms with van der Waals surface area (Å²) in [6.07, 6.45) is 6.28. The number of fused-ring (bicyclic) bond motifs is 1. The molecule has 110 valence electrons. The minimum absolute atomic E-state index is 0.909. The van der Waals surface area contributed by atoms with Crippen LogP contribution in [0.25, 0.3) is 0 Å². The molecule has 0 unspecified atom stereocenters. The molecule has 3 rings (SSSR count). The summed E-state index contributed by atoms with van der Waals surface area (Å²) >= 11 is 0. The van der Waals surface area contributed by atoms with Crippen molar-refractivity contribution in [2.45, 2.75) is 32.9 Å². The number of aromatic nitrogens is 1. The van der Waals surface area contributed by atoms with Gasteiger partial charge in [0.2, 0.25) is 0 Å². The molecule has 2 heterocycles. The fraction of sp³-hybridized carbons (Fsp3) is 0.389. The summed E-state index contributed by atoms with van der Waals surface area (Å²) in [4.78, 5) is 6.82. The quantitative estimate of drug-likeness (QED) is 0.933. The highest BCUT2D eigenvalue weighted by Crippen LogP contribution is 2.26. The van der Waals surface area contributed by atoms with Crippen molar-refractivity contribution in [2.75, 3.05) is 18.0 Å². The van der Waals surface area contributed by atoms with E-state index in [0.29, 0.717) is 0 Å². The Morgan fingerprint density at radius 1 is 1.19 bits per heavy atom. The van der Waals surface area contributed by atoms with Crippen molar-refractivity contribution < 1.29 is 0 Å². The van der Waals surface area contributed by atoms with Gasteiger partial charge in [-0.2, -0.15) is 0 Å². The molecule has 0 bridgehead atoms. The summed E-state index contributed by atoms with van der Waals surface area (Å²) in [6, 6.07) is 10.9. The Morgan fingerprint density at radius 2 is 2.05 bits per heavy atom. The molecule has 0 spiro atoms. The summed E-state index contributed by atoms with van der Waals surface area (Å²) in [7, 11) is 0. The van der Waals surface area contributed by atoms with Gasteiger partial charge in [0.25, 0.3) is 0 Å². The minimum atomic E-state index is 0.909. The molecule has 21 heavy (non-hydrogen) atoms. The van der Waals surface area contributed by atoms with E-state index in [9.17, 15) is 0 Å². The van der Waals surface area contributed by atoms with Crippen LogP contribution in [0, 0.1) is 0 Å². The SMILES string of the molecule is CCNCc1ccncc1N1CCCc2ccccc2C1. The van der Waals surface area contributed by atoms with Crippen LogP contribution in [0.15, 0.2) is 42.7 Å². The Morgan fingerprint density at radius 3 is 2.90 bits per heavy atom. The number of hydrogen-bond acceptors (Lipinski definition) is 3. The molecule has 0 aliphatic carbocycles. The first-order valence-corrected chi connectivity index (χ1v) is 7.84. The van der Waals surface area contributed by atoms with Crippen LogP contribution in [-0.4, -0.2) is 18.1 Å². The molecule has 1 aromatic heterocycles. The van der Waals surface area contributed by atoms with E-state index in [0.717, 1.165) is 26.2 Å². The second kappa shape index (κ2) is 6.72. The van der Waals surface area contributed by atoms with Crippen molar-refractivity contribution in [3.8, 4) is 0 Å². The lowest BCUT2D eigenvalue weighted by atomic mass is 10.0. The Hall–Kier alpha value is -1.87. The highest BCUT2D eigenvalue weighted by atomic mass is 15.1. The molecule has 0 atom stereocenters. The van der Waals surface area contributed by atoms with E-state index >= 15 is 0 Å². The highest BCUT2D eigenvalue weighted by molar-refractivity contribution is 5.53. The van der Waals surface area contributed by atoms with Gasteiger partial charge < -0.3 is 10.2 Å². The summed E-state index contributed by atoms with van der Waals surface area (Å²) in [6.45, 7) is 6.13. The zero-order valence-electron chi connectivity index (χ0n) is 12.7. The molecule has 0 fully saturated rings. The summed E-state index contributed by atoms with van der Waals surface area (Å²) in [5, 5.41) is 3.42. The fourth-order valence-electron chi connectivity index (χ4n) is 3.02. The number of nitrogens with one attached hydrogen (secondary N) is 1. The van der Waals surface area contributed by atoms with Gasteiger partial charge in [-0.25, -0.2) is 0 Å². The lowest BCUT2D eigenvalue weighted by molar-refractivity contribution is 0.710. The molecule has 0 saturated carbocycles. The molecule has 0 amide bonds. The summed E-state index contributed by atoms with van der Waals surface area (Å²) in [5.41, 5.74) is 5.56. The predicted octanol–water partition coefficient (Wildman–Crippen LogP) is 3.14. The molecule has 0 saturated heterocycles. The van der Waals surface area contributed by atoms with Gasteiger partial charge in [-0.3, -0.25) is 4.98 Å². The second-order valence-electron chi connectivity index (χ2n) is 5.58. The first-order valence-electron chi connectivity index (χ1n) is 7.84. The van der Waals surface area contributed by atoms with Crippen LogP contribution >= 0.6 is 0 Å². The molecule has 1 aromatic carbocycles. The molecule has 3 heteroatoms. The van der Waals surface area contributed by atoms with Crippen molar-refractivity contribution in [3.05, 3.63) is 59.4 Å². The third-order valence-corrected chi connectivity index (χ3v) is 4.15. The molecular weight excluding hydrogens is 258 g/mol. The van der Waals surface area contributed by atoms with Crippen LogP contribution in [-0.2, 0) is 19.5 Å². The summed E-state index contributed by atoms with van der Waals surface area (Å²) < 4.78 is 0. The zero-order chi connectivity index (χ0) is 14.5. The van der Waals surface area contributed by atoms with Gasteiger partial charge in [0, 0.05) is 25.8 Å². The van der Waals surface area contributed by atoms with E-state index in [1.807, 2.05) is 12.4 Å². The van der Waals surface area contributed by atoms with Crippen molar-refractivity contribution in [1.82, 2.24) is 10.3 Å². The number of benzene rings is 1. The Labute approximate surface area is 127 Å². The number of anilines is 1. The van der Waals surface area contributed by atoms with Crippen LogP contribution in [0.4, 0.5) is 5.69 Å². The van der Waals surface area contributed by atoms with E-state index in [1.54, 1.807) is 0 Å². The van der Waals surface area contributed by atoms with Crippen molar-refractivity contribution in [3.63, 3.8) is 0 Å². The Kier molecular flexibility index (Phi) is 4.51. The van der Waals surface area contributed by atoms with E-state index in [4.69, 9.17) is 0 Å². The normalized spacial score (nSPS) is 14.6. The largest absolute Gasteiger partial charge is 0.366 e. The lowest BCUT2D eigenvalue weighted by Gasteiger charge is -2.25. The van der Waals surface area contributed by atoms with Crippen molar-refractivity contribution in [1.29, 1.82) is 0 Å². The van der Waals surface area contributed by atoms with Gasteiger partial charge in [-0.05, 0) is 42.1 Å². The van der Waals surface area contributed by atoms with Gasteiger partial charge in [-0.15, -0.1) is 0 Å². The van der Waals surface area contributed by atoms with Gasteiger partial charge >= 0.3 is 0 Å². The van der Waals surface area contributed by atoms with E-state index < -0.39 is 0 Å². The number of pyridine rings is 1. The fourth-order valence-corrected chi connectivity index (χ4v) is 3.02. The molecule has 1 N–H and O–H groups in total. The van der Waals surface area contributed by atoms with Crippen LogP contribution < -0.4 is 10.2 Å². The predicted molar refractivity (Wildman–Crippen MR) is 87.4 cm³/mol. The van der Waals surface area contributed by atoms with E-state index in [-0.39, 0.29) is 0 Å². The monoisotopic (exact) mass is 281 g/mol. The maximum Gasteiger partial charge on any atom is 0.0601 e. The second-order valence-corrected chi connectivity index (χ2v) is 5.58. The van der Waals surface area contributed by atoms with Crippen molar-refractivity contribution in [2.24, 2.45) is 0 Å². The first-order chi connectivity index (χ1) is 10.4. The first kappa shape index (κ1) is 14.1. The van der Waals surface area contributed by atoms with E-state index in [1.165, 1.54) is 35.2 Å². The summed E-state index contributed by atoms with van der Waals surface area (Å²) in [5.74, 6) is 0. The number of rotatable bonds is 4. The Bertz CT molecular complexity index is 595. The number of aryl methyl sites for hydroxylation is 1. The van der Waals surface area contributed by atoms with Crippen LogP contribution in [0.5, 0.6) is 0 Å².